The van der Waals surface area contributed by atoms with Crippen molar-refractivity contribution in [3.05, 3.63) is 60.2 Å². The molecule has 0 saturated heterocycles. The van der Waals surface area contributed by atoms with Gasteiger partial charge in [-0.25, -0.2) is 0 Å². The van der Waals surface area contributed by atoms with E-state index in [4.69, 9.17) is 9.26 Å². The number of nitrogens with zero attached hydrogens (tertiary/aromatic N) is 3. The van der Waals surface area contributed by atoms with Crippen molar-refractivity contribution in [2.45, 2.75) is 32.2 Å². The Hall–Kier alpha value is -3.22. The average Bonchev–Trinajstić information content (AvgIpc) is 3.17. The molecule has 0 aliphatic heterocycles. The maximum atomic E-state index is 12.1. The highest BCUT2D eigenvalue weighted by atomic mass is 16.5. The second-order valence-corrected chi connectivity index (χ2v) is 6.14. The average molecular weight is 366 g/mol. The summed E-state index contributed by atoms with van der Waals surface area (Å²) < 4.78 is 10.4. The molecule has 3 rings (SSSR count). The number of aryl methyl sites for hydroxylation is 1. The van der Waals surface area contributed by atoms with Gasteiger partial charge in [-0.05, 0) is 49.7 Å². The monoisotopic (exact) mass is 366 g/mol. The molecule has 0 aliphatic carbocycles. The number of methoxy groups -OCH3 is 1. The van der Waals surface area contributed by atoms with Crippen molar-refractivity contribution < 1.29 is 14.1 Å². The molecular formula is C20H22N4O3. The molecule has 2 aromatic heterocycles. The molecule has 1 amide bonds. The molecule has 0 aliphatic rings. The van der Waals surface area contributed by atoms with Crippen molar-refractivity contribution in [2.75, 3.05) is 7.11 Å². The van der Waals surface area contributed by atoms with Crippen LogP contribution in [0.15, 0.2) is 53.2 Å². The van der Waals surface area contributed by atoms with Gasteiger partial charge in [0.2, 0.25) is 17.6 Å². The number of hydrogen-bond acceptors (Lipinski definition) is 6. The fourth-order valence-corrected chi connectivity index (χ4v) is 2.63. The molecule has 1 atom stereocenters. The van der Waals surface area contributed by atoms with Crippen LogP contribution in [0.25, 0.3) is 11.4 Å². The summed E-state index contributed by atoms with van der Waals surface area (Å²) in [7, 11) is 1.62. The lowest BCUT2D eigenvalue weighted by Crippen LogP contribution is -2.26. The fraction of sp³-hybridized carbons (Fsp3) is 0.300. The van der Waals surface area contributed by atoms with Crippen molar-refractivity contribution >= 4 is 5.91 Å². The van der Waals surface area contributed by atoms with E-state index in [-0.39, 0.29) is 11.9 Å². The molecule has 2 heterocycles. The molecule has 27 heavy (non-hydrogen) atoms. The van der Waals surface area contributed by atoms with E-state index in [9.17, 15) is 4.79 Å². The quantitative estimate of drug-likeness (QED) is 0.657. The molecule has 1 unspecified atom stereocenters. The van der Waals surface area contributed by atoms with Crippen molar-refractivity contribution in [1.29, 1.82) is 0 Å². The van der Waals surface area contributed by atoms with Crippen LogP contribution in [0.1, 0.15) is 37.4 Å². The molecule has 0 bridgehead atoms. The number of nitrogens with one attached hydrogen (secondary N) is 1. The van der Waals surface area contributed by atoms with E-state index in [2.05, 4.69) is 20.4 Å². The molecule has 7 heteroatoms. The van der Waals surface area contributed by atoms with Gasteiger partial charge in [0.25, 0.3) is 0 Å². The zero-order valence-electron chi connectivity index (χ0n) is 15.4. The number of hydrogen-bond donors (Lipinski definition) is 1. The number of carbonyl (C=O) groups is 1. The van der Waals surface area contributed by atoms with Gasteiger partial charge in [0, 0.05) is 24.6 Å². The van der Waals surface area contributed by atoms with Gasteiger partial charge in [0.1, 0.15) is 5.75 Å². The predicted molar refractivity (Wildman–Crippen MR) is 100 cm³/mol. The first-order chi connectivity index (χ1) is 13.2. The summed E-state index contributed by atoms with van der Waals surface area (Å²) in [5, 5.41) is 6.94. The number of pyridine rings is 1. The number of carbonyl (C=O) groups excluding carboxylic acids is 1. The smallest absolute Gasteiger partial charge is 0.226 e. The maximum Gasteiger partial charge on any atom is 0.226 e. The van der Waals surface area contributed by atoms with E-state index in [1.807, 2.05) is 49.4 Å². The van der Waals surface area contributed by atoms with Gasteiger partial charge in [-0.1, -0.05) is 11.2 Å². The van der Waals surface area contributed by atoms with Gasteiger partial charge in [-0.15, -0.1) is 0 Å². The fourth-order valence-electron chi connectivity index (χ4n) is 2.63. The molecule has 0 spiro atoms. The summed E-state index contributed by atoms with van der Waals surface area (Å²) in [5.41, 5.74) is 1.69. The topological polar surface area (TPSA) is 90.1 Å². The first-order valence-electron chi connectivity index (χ1n) is 8.83. The molecule has 1 aromatic carbocycles. The van der Waals surface area contributed by atoms with Gasteiger partial charge in [0.15, 0.2) is 0 Å². The van der Waals surface area contributed by atoms with E-state index in [0.29, 0.717) is 31.0 Å². The maximum absolute atomic E-state index is 12.1. The second-order valence-electron chi connectivity index (χ2n) is 6.14. The predicted octanol–water partition coefficient (Wildman–Crippen LogP) is 3.34. The summed E-state index contributed by atoms with van der Waals surface area (Å²) in [6.07, 6.45) is 3.28. The summed E-state index contributed by atoms with van der Waals surface area (Å²) in [6, 6.07) is 13.0. The number of rotatable bonds is 8. The number of aromatic nitrogens is 3. The van der Waals surface area contributed by atoms with Crippen LogP contribution in [-0.2, 0) is 11.2 Å². The molecule has 0 fully saturated rings. The Morgan fingerprint density at radius 2 is 2.04 bits per heavy atom. The van der Waals surface area contributed by atoms with Crippen LogP contribution in [0.2, 0.25) is 0 Å². The largest absolute Gasteiger partial charge is 0.497 e. The van der Waals surface area contributed by atoms with Crippen LogP contribution in [0.4, 0.5) is 0 Å². The summed E-state index contributed by atoms with van der Waals surface area (Å²) >= 11 is 0. The van der Waals surface area contributed by atoms with Crippen LogP contribution in [-0.4, -0.2) is 28.1 Å². The molecule has 0 radical (unpaired) electrons. The van der Waals surface area contributed by atoms with Crippen molar-refractivity contribution in [3.8, 4) is 17.1 Å². The molecule has 7 nitrogen and oxygen atoms in total. The Balaban J connectivity index is 1.46. The zero-order valence-corrected chi connectivity index (χ0v) is 15.4. The molecule has 1 N–H and O–H groups in total. The number of benzene rings is 1. The van der Waals surface area contributed by atoms with E-state index >= 15 is 0 Å². The summed E-state index contributed by atoms with van der Waals surface area (Å²) in [6.45, 7) is 1.92. The molecule has 140 valence electrons. The third kappa shape index (κ3) is 5.13. The highest BCUT2D eigenvalue weighted by Crippen LogP contribution is 2.20. The lowest BCUT2D eigenvalue weighted by molar-refractivity contribution is -0.121. The van der Waals surface area contributed by atoms with Crippen LogP contribution in [0.5, 0.6) is 5.75 Å². The summed E-state index contributed by atoms with van der Waals surface area (Å²) in [4.78, 5) is 20.7. The van der Waals surface area contributed by atoms with Gasteiger partial charge in [0.05, 0.1) is 18.8 Å². The Kier molecular flexibility index (Phi) is 6.14. The molecular weight excluding hydrogens is 344 g/mol. The van der Waals surface area contributed by atoms with Crippen LogP contribution in [0, 0.1) is 0 Å². The minimum absolute atomic E-state index is 0.0250. The second kappa shape index (κ2) is 8.93. The third-order valence-corrected chi connectivity index (χ3v) is 4.12. The van der Waals surface area contributed by atoms with Gasteiger partial charge in [-0.2, -0.15) is 4.98 Å². The highest BCUT2D eigenvalue weighted by Gasteiger charge is 2.12. The Morgan fingerprint density at radius 3 is 2.74 bits per heavy atom. The first-order valence-corrected chi connectivity index (χ1v) is 8.83. The van der Waals surface area contributed by atoms with Gasteiger partial charge in [-0.3, -0.25) is 9.78 Å². The van der Waals surface area contributed by atoms with E-state index in [0.717, 1.165) is 17.0 Å². The van der Waals surface area contributed by atoms with Crippen LogP contribution in [0.3, 0.4) is 0 Å². The Bertz CT molecular complexity index is 862. The lowest BCUT2D eigenvalue weighted by Gasteiger charge is -2.12. The third-order valence-electron chi connectivity index (χ3n) is 4.12. The Morgan fingerprint density at radius 1 is 1.22 bits per heavy atom. The van der Waals surface area contributed by atoms with Gasteiger partial charge < -0.3 is 14.6 Å². The van der Waals surface area contributed by atoms with Crippen molar-refractivity contribution in [2.24, 2.45) is 0 Å². The number of ether oxygens (including phenoxy) is 1. The van der Waals surface area contributed by atoms with E-state index < -0.39 is 0 Å². The minimum Gasteiger partial charge on any atom is -0.497 e. The van der Waals surface area contributed by atoms with Crippen molar-refractivity contribution in [1.82, 2.24) is 20.4 Å². The zero-order chi connectivity index (χ0) is 19.1. The van der Waals surface area contributed by atoms with Crippen molar-refractivity contribution in [3.63, 3.8) is 0 Å². The van der Waals surface area contributed by atoms with Gasteiger partial charge >= 0.3 is 0 Å². The van der Waals surface area contributed by atoms with E-state index in [1.54, 1.807) is 13.3 Å². The number of amides is 1. The summed E-state index contributed by atoms with van der Waals surface area (Å²) in [5.74, 6) is 1.80. The van der Waals surface area contributed by atoms with Crippen LogP contribution < -0.4 is 10.1 Å². The molecule has 0 saturated carbocycles. The standard InChI is InChI=1S/C20H22N4O3/c1-14(17-6-3-4-13-21-17)22-18(25)7-5-8-19-23-20(24-27-19)15-9-11-16(26-2)12-10-15/h3-4,6,9-14H,5,7-8H2,1-2H3,(H,22,25). The minimum atomic E-state index is -0.122. The lowest BCUT2D eigenvalue weighted by atomic mass is 10.2. The molecule has 3 aromatic rings. The Labute approximate surface area is 157 Å². The first kappa shape index (κ1) is 18.6. The SMILES string of the molecule is COc1ccc(-c2noc(CCCC(=O)NC(C)c3ccccn3)n2)cc1. The highest BCUT2D eigenvalue weighted by molar-refractivity contribution is 5.76. The normalized spacial score (nSPS) is 11.8. The van der Waals surface area contributed by atoms with E-state index in [1.165, 1.54) is 0 Å². The van der Waals surface area contributed by atoms with Crippen LogP contribution >= 0.6 is 0 Å².